The summed E-state index contributed by atoms with van der Waals surface area (Å²) in [7, 11) is 0. The summed E-state index contributed by atoms with van der Waals surface area (Å²) in [6.07, 6.45) is 4.42. The van der Waals surface area contributed by atoms with Crippen molar-refractivity contribution in [2.75, 3.05) is 4.90 Å². The molecule has 0 bridgehead atoms. The molecule has 0 aromatic heterocycles. The molecule has 2 heteroatoms. The first-order chi connectivity index (χ1) is 22.3. The molecular weight excluding hydrogens is 553 g/mol. The van der Waals surface area contributed by atoms with Crippen LogP contribution in [0.3, 0.4) is 0 Å². The van der Waals surface area contributed by atoms with Crippen LogP contribution in [0.5, 0.6) is 0 Å². The number of hydrogen-bond acceptors (Lipinski definition) is 1. The third kappa shape index (κ3) is 6.63. The predicted molar refractivity (Wildman–Crippen MR) is 202 cm³/mol. The van der Waals surface area contributed by atoms with E-state index >= 15 is 0 Å². The highest BCUT2D eigenvalue weighted by Gasteiger charge is 2.28. The zero-order valence-corrected chi connectivity index (χ0v) is 27.9. The third-order valence-electron chi connectivity index (χ3n) is 8.97. The molecule has 0 saturated heterocycles. The monoisotopic (exact) mass is 595 g/mol. The Labute approximate surface area is 276 Å². The summed E-state index contributed by atoms with van der Waals surface area (Å²) in [5, 5.41) is 0. The molecule has 0 N–H and O–H groups in total. The number of anilines is 3. The highest BCUT2D eigenvalue weighted by molar-refractivity contribution is 6.96. The Morgan fingerprint density at radius 1 is 0.413 bits per heavy atom. The fourth-order valence-corrected chi connectivity index (χ4v) is 7.10. The molecule has 0 fully saturated rings. The van der Waals surface area contributed by atoms with Gasteiger partial charge in [-0.05, 0) is 89.1 Å². The molecule has 46 heavy (non-hydrogen) atoms. The molecule has 1 nitrogen and oxygen atoms in total. The maximum Gasteiger partial charge on any atom is 0.242 e. The van der Waals surface area contributed by atoms with E-state index in [1.165, 1.54) is 60.9 Å². The van der Waals surface area contributed by atoms with Crippen LogP contribution in [0.25, 0.3) is 12.2 Å². The Morgan fingerprint density at radius 3 is 1.15 bits per heavy atom. The zero-order valence-electron chi connectivity index (χ0n) is 27.9. The van der Waals surface area contributed by atoms with Crippen molar-refractivity contribution in [2.24, 2.45) is 0 Å². The van der Waals surface area contributed by atoms with E-state index in [0.29, 0.717) is 0 Å². The molecule has 0 saturated carbocycles. The smallest absolute Gasteiger partial charge is 0.242 e. The minimum absolute atomic E-state index is 0.184. The quantitative estimate of drug-likeness (QED) is 0.125. The Hall–Kier alpha value is -5.08. The minimum Gasteiger partial charge on any atom is -0.311 e. The van der Waals surface area contributed by atoms with Crippen LogP contribution in [0.1, 0.15) is 44.5 Å². The summed E-state index contributed by atoms with van der Waals surface area (Å²) >= 11 is 0. The maximum atomic E-state index is 2.33. The van der Waals surface area contributed by atoms with Gasteiger partial charge in [0.15, 0.2) is 0 Å². The Kier molecular flexibility index (Phi) is 9.08. The van der Waals surface area contributed by atoms with Crippen molar-refractivity contribution in [2.45, 2.75) is 41.5 Å². The number of para-hydroxylation sites is 2. The van der Waals surface area contributed by atoms with Gasteiger partial charge in [0.05, 0.1) is 0 Å². The van der Waals surface area contributed by atoms with Crippen LogP contribution >= 0.6 is 0 Å². The van der Waals surface area contributed by atoms with Gasteiger partial charge in [-0.3, -0.25) is 0 Å². The Morgan fingerprint density at radius 2 is 0.761 bits per heavy atom. The summed E-state index contributed by atoms with van der Waals surface area (Å²) < 4.78 is 0. The van der Waals surface area contributed by atoms with Gasteiger partial charge < -0.3 is 4.90 Å². The van der Waals surface area contributed by atoms with Gasteiger partial charge in [0, 0.05) is 17.1 Å². The van der Waals surface area contributed by atoms with E-state index in [4.69, 9.17) is 0 Å². The molecule has 0 aliphatic carbocycles. The van der Waals surface area contributed by atoms with Crippen LogP contribution in [-0.4, -0.2) is 6.71 Å². The van der Waals surface area contributed by atoms with Gasteiger partial charge >= 0.3 is 0 Å². The minimum atomic E-state index is 0.184. The molecule has 226 valence electrons. The summed E-state index contributed by atoms with van der Waals surface area (Å²) in [6.45, 7) is 13.6. The lowest BCUT2D eigenvalue weighted by molar-refractivity contribution is 1.28. The second-order valence-corrected chi connectivity index (χ2v) is 12.7. The van der Waals surface area contributed by atoms with Crippen molar-refractivity contribution in [3.05, 3.63) is 178 Å². The molecule has 0 spiro atoms. The van der Waals surface area contributed by atoms with Gasteiger partial charge in [0.2, 0.25) is 6.71 Å². The number of aryl methyl sites for hydroxylation is 6. The molecule has 0 atom stereocenters. The van der Waals surface area contributed by atoms with Crippen molar-refractivity contribution in [3.8, 4) is 0 Å². The lowest BCUT2D eigenvalue weighted by Gasteiger charge is -2.25. The van der Waals surface area contributed by atoms with Crippen molar-refractivity contribution >= 4 is 52.3 Å². The number of hydrogen-bond donors (Lipinski definition) is 0. The van der Waals surface area contributed by atoms with Gasteiger partial charge in [0.25, 0.3) is 0 Å². The van der Waals surface area contributed by atoms with Gasteiger partial charge in [-0.25, -0.2) is 0 Å². The topological polar surface area (TPSA) is 3.24 Å². The largest absolute Gasteiger partial charge is 0.311 e. The first-order valence-corrected chi connectivity index (χ1v) is 16.2. The van der Waals surface area contributed by atoms with Gasteiger partial charge in [-0.1, -0.05) is 159 Å². The highest BCUT2D eigenvalue weighted by atomic mass is 15.1. The fraction of sp³-hybridized carbons (Fsp3) is 0.136. The van der Waals surface area contributed by atoms with E-state index in [-0.39, 0.29) is 6.71 Å². The first-order valence-electron chi connectivity index (χ1n) is 16.2. The molecule has 6 rings (SSSR count). The van der Waals surface area contributed by atoms with Crippen molar-refractivity contribution in [1.29, 1.82) is 0 Å². The lowest BCUT2D eigenvalue weighted by atomic mass is 9.34. The average molecular weight is 596 g/mol. The Bertz CT molecular complexity index is 1830. The highest BCUT2D eigenvalue weighted by Crippen LogP contribution is 2.34. The summed E-state index contributed by atoms with van der Waals surface area (Å²) in [5.74, 6) is 0. The summed E-state index contributed by atoms with van der Waals surface area (Å²) in [5.41, 5.74) is 18.0. The normalized spacial score (nSPS) is 11.2. The fourth-order valence-electron chi connectivity index (χ4n) is 7.10. The van der Waals surface area contributed by atoms with Gasteiger partial charge in [0.1, 0.15) is 0 Å². The molecule has 0 amide bonds. The van der Waals surface area contributed by atoms with Gasteiger partial charge in [-0.15, -0.1) is 0 Å². The second-order valence-electron chi connectivity index (χ2n) is 12.7. The Balaban J connectivity index is 1.29. The van der Waals surface area contributed by atoms with Crippen LogP contribution in [-0.2, 0) is 0 Å². The first kappa shape index (κ1) is 30.9. The molecule has 0 aliphatic heterocycles. The standard InChI is InChI=1S/C44H42BN/c1-31-27-33(3)43(34(4)28-31)45(44-35(5)29-32(2)30-36(44)6)39-23-19-37(20-24-39)17-18-38-21-25-42(26-22-38)46(40-13-9-7-10-14-40)41-15-11-8-12-16-41/h7-30H,1-6H3/b18-17+. The third-order valence-corrected chi connectivity index (χ3v) is 8.97. The molecule has 0 unspecified atom stereocenters. The van der Waals surface area contributed by atoms with E-state index in [0.717, 1.165) is 17.1 Å². The maximum absolute atomic E-state index is 2.33. The van der Waals surface area contributed by atoms with Crippen LogP contribution in [0.2, 0.25) is 0 Å². The van der Waals surface area contributed by atoms with E-state index in [1.807, 2.05) is 0 Å². The van der Waals surface area contributed by atoms with Crippen molar-refractivity contribution in [1.82, 2.24) is 0 Å². The van der Waals surface area contributed by atoms with Gasteiger partial charge in [-0.2, -0.15) is 0 Å². The average Bonchev–Trinajstić information content (AvgIpc) is 3.04. The second kappa shape index (κ2) is 13.5. The molecule has 0 aliphatic rings. The zero-order chi connectivity index (χ0) is 32.2. The number of benzene rings is 6. The predicted octanol–water partition coefficient (Wildman–Crippen LogP) is 9.69. The van der Waals surface area contributed by atoms with Crippen LogP contribution < -0.4 is 21.3 Å². The lowest BCUT2D eigenvalue weighted by Crippen LogP contribution is -2.55. The molecule has 0 heterocycles. The van der Waals surface area contributed by atoms with E-state index in [1.54, 1.807) is 0 Å². The SMILES string of the molecule is Cc1cc(C)c(B(c2ccc(/C=C/c3ccc(N(c4ccccc4)c4ccccc4)cc3)cc2)c2c(C)cc(C)cc2C)c(C)c1. The van der Waals surface area contributed by atoms with Crippen molar-refractivity contribution in [3.63, 3.8) is 0 Å². The van der Waals surface area contributed by atoms with Crippen molar-refractivity contribution < 1.29 is 0 Å². The molecule has 6 aromatic carbocycles. The van der Waals surface area contributed by atoms with E-state index < -0.39 is 0 Å². The number of nitrogens with zero attached hydrogens (tertiary/aromatic N) is 1. The number of rotatable bonds is 8. The van der Waals surface area contributed by atoms with Crippen LogP contribution in [0.15, 0.2) is 133 Å². The van der Waals surface area contributed by atoms with Crippen LogP contribution in [0, 0.1) is 41.5 Å². The summed E-state index contributed by atoms with van der Waals surface area (Å²) in [6, 6.07) is 48.3. The van der Waals surface area contributed by atoms with Crippen LogP contribution in [0.4, 0.5) is 17.1 Å². The molecular formula is C44H42BN. The van der Waals surface area contributed by atoms with E-state index in [9.17, 15) is 0 Å². The summed E-state index contributed by atoms with van der Waals surface area (Å²) in [4.78, 5) is 2.29. The molecule has 6 aromatic rings. The molecule has 0 radical (unpaired) electrons. The van der Waals surface area contributed by atoms with E-state index in [2.05, 4.69) is 192 Å².